The molecule has 0 bridgehead atoms. The van der Waals surface area contributed by atoms with Gasteiger partial charge in [-0.1, -0.05) is 64.2 Å². The van der Waals surface area contributed by atoms with Crippen LogP contribution in [0.4, 0.5) is 0 Å². The fraction of sp³-hybridized carbons (Fsp3) is 0.880. The van der Waals surface area contributed by atoms with E-state index in [0.717, 1.165) is 77.0 Å². The molecule has 2 saturated heterocycles. The first kappa shape index (κ1) is 66.5. The number of aliphatic carboxylic acids is 2. The number of esters is 2. The highest BCUT2D eigenvalue weighted by molar-refractivity contribution is 5.88. The summed E-state index contributed by atoms with van der Waals surface area (Å²) in [7, 11) is 0. The number of nitrogens with one attached hydrogen (secondary N) is 2. The molecule has 0 saturated carbocycles. The van der Waals surface area contributed by atoms with E-state index in [2.05, 4.69) is 10.6 Å². The van der Waals surface area contributed by atoms with Crippen molar-refractivity contribution >= 4 is 35.7 Å². The molecule has 2 aliphatic heterocycles. The van der Waals surface area contributed by atoms with Crippen molar-refractivity contribution in [2.75, 3.05) is 158 Å². The van der Waals surface area contributed by atoms with Gasteiger partial charge in [0.15, 0.2) is 24.4 Å². The molecule has 0 aromatic rings. The number of ether oxygens (including phenoxy) is 14. The summed E-state index contributed by atoms with van der Waals surface area (Å²) in [5.41, 5.74) is 0. The van der Waals surface area contributed by atoms with Crippen molar-refractivity contribution in [3.8, 4) is 0 Å². The summed E-state index contributed by atoms with van der Waals surface area (Å²) in [5.74, 6) is -4.66. The zero-order valence-corrected chi connectivity index (χ0v) is 43.7. The fourth-order valence-corrected chi connectivity index (χ4v) is 7.23. The van der Waals surface area contributed by atoms with Crippen LogP contribution in [0.2, 0.25) is 0 Å². The van der Waals surface area contributed by atoms with E-state index in [-0.39, 0.29) is 104 Å². The SMILES string of the molecule is O=C(CCCCCCCCCCCCCCC(=O)OCCCNC(=O)[C@@H]1OCCOCCOCCOCCOCCO[C@H]1C(=O)O)OCCCNC(=O)[C@@H]1OCCOCCOCCOCCOCCO[C@H]1C(=O)O. The van der Waals surface area contributed by atoms with Gasteiger partial charge in [-0.05, 0) is 25.7 Å². The van der Waals surface area contributed by atoms with Crippen LogP contribution in [0.1, 0.15) is 103 Å². The van der Waals surface area contributed by atoms with Gasteiger partial charge < -0.3 is 87.2 Å². The Balaban J connectivity index is 1.46. The molecule has 0 aliphatic carbocycles. The highest BCUT2D eigenvalue weighted by atomic mass is 16.6. The minimum absolute atomic E-state index is 0.0466. The summed E-state index contributed by atoms with van der Waals surface area (Å²) >= 11 is 0. The highest BCUT2D eigenvalue weighted by Gasteiger charge is 2.37. The number of rotatable bonds is 27. The summed E-state index contributed by atoms with van der Waals surface area (Å²) in [6.07, 6.45) is 7.43. The first-order chi connectivity index (χ1) is 36.2. The number of hydrogen-bond acceptors (Lipinski definition) is 20. The molecule has 0 spiro atoms. The maximum Gasteiger partial charge on any atom is 0.336 e. The summed E-state index contributed by atoms with van der Waals surface area (Å²) in [4.78, 5) is 74.6. The quantitative estimate of drug-likeness (QED) is 0.0678. The lowest BCUT2D eigenvalue weighted by Crippen LogP contribution is -2.49. The average molecular weight is 1070 g/mol. The largest absolute Gasteiger partial charge is 0.479 e. The standard InChI is InChI=1S/C50H88N2O22/c53-41(69-19-13-17-51-47(55)43-45(49(57)58)73-39-35-67-31-27-63-23-21-61-25-29-65-33-37-71-43)15-11-9-7-5-3-1-2-4-6-8-10-12-16-42(54)70-20-14-18-52-48(56)44-46(50(59)60)74-40-36-68-32-28-64-24-22-62-26-30-66-34-38-72-44/h43-46H,1-40H2,(H,51,55)(H,52,56)(H,57,58)(H,59,60)/t43-,44-,45-,46-/m1/s1. The van der Waals surface area contributed by atoms with Crippen LogP contribution >= 0.6 is 0 Å². The smallest absolute Gasteiger partial charge is 0.336 e. The lowest BCUT2D eigenvalue weighted by Gasteiger charge is -2.24. The molecule has 24 nitrogen and oxygen atoms in total. The zero-order valence-electron chi connectivity index (χ0n) is 43.7. The summed E-state index contributed by atoms with van der Waals surface area (Å²) in [6.45, 7) is 4.85. The Kier molecular flexibility index (Phi) is 42.9. The molecular weight excluding hydrogens is 981 g/mol. The number of carbonyl (C=O) groups excluding carboxylic acids is 4. The van der Waals surface area contributed by atoms with Gasteiger partial charge in [0.1, 0.15) is 0 Å². The molecule has 24 heteroatoms. The summed E-state index contributed by atoms with van der Waals surface area (Å²) < 4.78 is 76.2. The Hall–Kier alpha value is -3.66. The van der Waals surface area contributed by atoms with E-state index in [0.29, 0.717) is 91.8 Å². The number of amides is 2. The van der Waals surface area contributed by atoms with Crippen molar-refractivity contribution in [2.45, 2.75) is 127 Å². The lowest BCUT2D eigenvalue weighted by molar-refractivity contribution is -0.171. The molecule has 4 atom stereocenters. The van der Waals surface area contributed by atoms with Crippen molar-refractivity contribution in [3.63, 3.8) is 0 Å². The third kappa shape index (κ3) is 37.1. The third-order valence-electron chi connectivity index (χ3n) is 11.2. The Morgan fingerprint density at radius 2 is 0.554 bits per heavy atom. The molecule has 2 amide bonds. The maximum absolute atomic E-state index is 13.0. The van der Waals surface area contributed by atoms with Crippen molar-refractivity contribution in [1.29, 1.82) is 0 Å². The molecule has 2 heterocycles. The monoisotopic (exact) mass is 1070 g/mol. The number of carboxylic acids is 2. The van der Waals surface area contributed by atoms with Crippen LogP contribution in [0.5, 0.6) is 0 Å². The predicted molar refractivity (Wildman–Crippen MR) is 263 cm³/mol. The van der Waals surface area contributed by atoms with E-state index in [4.69, 9.17) is 66.3 Å². The molecule has 2 fully saturated rings. The second-order valence-corrected chi connectivity index (χ2v) is 17.2. The van der Waals surface area contributed by atoms with Crippen LogP contribution < -0.4 is 10.6 Å². The van der Waals surface area contributed by atoms with E-state index >= 15 is 0 Å². The van der Waals surface area contributed by atoms with Crippen molar-refractivity contribution in [1.82, 2.24) is 10.6 Å². The lowest BCUT2D eigenvalue weighted by atomic mass is 10.0. The van der Waals surface area contributed by atoms with Gasteiger partial charge in [-0.3, -0.25) is 19.2 Å². The third-order valence-corrected chi connectivity index (χ3v) is 11.2. The van der Waals surface area contributed by atoms with Gasteiger partial charge in [0.25, 0.3) is 11.8 Å². The predicted octanol–water partition coefficient (Wildman–Crippen LogP) is 2.42. The van der Waals surface area contributed by atoms with Crippen LogP contribution in [0.3, 0.4) is 0 Å². The second kappa shape index (κ2) is 47.8. The van der Waals surface area contributed by atoms with Crippen LogP contribution in [0.15, 0.2) is 0 Å². The van der Waals surface area contributed by atoms with E-state index in [1.165, 1.54) is 0 Å². The molecule has 2 aliphatic rings. The average Bonchev–Trinajstić information content (AvgIpc) is 3.37. The van der Waals surface area contributed by atoms with Crippen LogP contribution in [0.25, 0.3) is 0 Å². The molecule has 4 N–H and O–H groups in total. The van der Waals surface area contributed by atoms with Gasteiger partial charge in [-0.2, -0.15) is 0 Å². The van der Waals surface area contributed by atoms with E-state index in [9.17, 15) is 39.0 Å². The molecule has 0 aromatic carbocycles. The Morgan fingerprint density at radius 1 is 0.324 bits per heavy atom. The van der Waals surface area contributed by atoms with Gasteiger partial charge in [0.05, 0.1) is 145 Å². The molecule has 0 aromatic heterocycles. The number of carbonyl (C=O) groups is 6. The van der Waals surface area contributed by atoms with Crippen molar-refractivity contribution in [3.05, 3.63) is 0 Å². The van der Waals surface area contributed by atoms with Gasteiger partial charge in [-0.25, -0.2) is 9.59 Å². The van der Waals surface area contributed by atoms with E-state index in [1.54, 1.807) is 0 Å². The minimum Gasteiger partial charge on any atom is -0.479 e. The van der Waals surface area contributed by atoms with Crippen molar-refractivity contribution < 1.29 is 105 Å². The molecule has 2 rings (SSSR count). The van der Waals surface area contributed by atoms with Crippen molar-refractivity contribution in [2.24, 2.45) is 0 Å². The normalized spacial score (nSPS) is 21.6. The second-order valence-electron chi connectivity index (χ2n) is 17.2. The highest BCUT2D eigenvalue weighted by Crippen LogP contribution is 2.14. The zero-order chi connectivity index (χ0) is 53.4. The van der Waals surface area contributed by atoms with E-state index < -0.39 is 48.2 Å². The van der Waals surface area contributed by atoms with E-state index in [1.807, 2.05) is 0 Å². The Bertz CT molecular complexity index is 1340. The molecule has 0 radical (unpaired) electrons. The maximum atomic E-state index is 13.0. The first-order valence-corrected chi connectivity index (χ1v) is 26.6. The number of hydrogen-bond donors (Lipinski definition) is 4. The van der Waals surface area contributed by atoms with Gasteiger partial charge >= 0.3 is 23.9 Å². The molecule has 74 heavy (non-hydrogen) atoms. The number of unbranched alkanes of at least 4 members (excludes halogenated alkanes) is 11. The molecule has 430 valence electrons. The van der Waals surface area contributed by atoms with Gasteiger partial charge in [0, 0.05) is 25.9 Å². The minimum atomic E-state index is -1.58. The fourth-order valence-electron chi connectivity index (χ4n) is 7.23. The Morgan fingerprint density at radius 3 is 0.811 bits per heavy atom. The van der Waals surface area contributed by atoms with Crippen LogP contribution in [-0.2, 0) is 95.1 Å². The van der Waals surface area contributed by atoms with Gasteiger partial charge in [0.2, 0.25) is 0 Å². The molecular formula is C50H88N2O22. The number of carboxylic acid groups (broad SMARTS) is 2. The molecule has 0 unspecified atom stereocenters. The Labute approximate surface area is 436 Å². The topological polar surface area (TPSA) is 296 Å². The summed E-state index contributed by atoms with van der Waals surface area (Å²) in [5, 5.41) is 24.9. The first-order valence-electron chi connectivity index (χ1n) is 26.6. The summed E-state index contributed by atoms with van der Waals surface area (Å²) in [6, 6.07) is 0. The van der Waals surface area contributed by atoms with Crippen LogP contribution in [-0.4, -0.2) is 229 Å². The van der Waals surface area contributed by atoms with Gasteiger partial charge in [-0.15, -0.1) is 0 Å². The van der Waals surface area contributed by atoms with Crippen LogP contribution in [0, 0.1) is 0 Å².